The van der Waals surface area contributed by atoms with Gasteiger partial charge in [0.25, 0.3) is 11.6 Å². The number of halogens is 1. The van der Waals surface area contributed by atoms with Gasteiger partial charge in [0, 0.05) is 55.8 Å². The Balaban J connectivity index is 2.07. The molecule has 7 heteroatoms. The Bertz CT molecular complexity index is 542. The van der Waals surface area contributed by atoms with Crippen LogP contribution in [0.4, 0.5) is 5.69 Å². The van der Waals surface area contributed by atoms with E-state index in [0.717, 1.165) is 19.6 Å². The van der Waals surface area contributed by atoms with Crippen molar-refractivity contribution in [1.82, 2.24) is 9.80 Å². The number of carbonyl (C=O) groups is 1. The first-order valence-corrected chi connectivity index (χ1v) is 7.39. The number of amides is 1. The molecule has 0 aliphatic carbocycles. The van der Waals surface area contributed by atoms with Gasteiger partial charge in [0.1, 0.15) is 0 Å². The van der Waals surface area contributed by atoms with Gasteiger partial charge < -0.3 is 4.90 Å². The molecule has 6 nitrogen and oxygen atoms in total. The van der Waals surface area contributed by atoms with Gasteiger partial charge in [-0.25, -0.2) is 0 Å². The lowest BCUT2D eigenvalue weighted by Gasteiger charge is -2.34. The summed E-state index contributed by atoms with van der Waals surface area (Å²) in [5.74, 6) is 0.432. The van der Waals surface area contributed by atoms with E-state index in [1.165, 1.54) is 6.07 Å². The first-order valence-electron chi connectivity index (χ1n) is 6.85. The third-order valence-corrected chi connectivity index (χ3v) is 3.88. The van der Waals surface area contributed by atoms with Gasteiger partial charge in [0.2, 0.25) is 0 Å². The number of nitro benzene ring substituents is 1. The molecule has 1 heterocycles. The summed E-state index contributed by atoms with van der Waals surface area (Å²) in [6.45, 7) is 5.30. The molecular formula is C14H18ClN3O3. The molecule has 0 unspecified atom stereocenters. The Hall–Kier alpha value is -1.66. The molecule has 1 aliphatic heterocycles. The zero-order valence-corrected chi connectivity index (χ0v) is 12.7. The van der Waals surface area contributed by atoms with E-state index in [2.05, 4.69) is 4.90 Å². The number of aryl methyl sites for hydroxylation is 1. The number of hydrogen-bond donors (Lipinski definition) is 0. The van der Waals surface area contributed by atoms with E-state index in [0.29, 0.717) is 30.1 Å². The zero-order chi connectivity index (χ0) is 15.4. The van der Waals surface area contributed by atoms with Gasteiger partial charge >= 0.3 is 0 Å². The van der Waals surface area contributed by atoms with Crippen molar-refractivity contribution in [2.45, 2.75) is 6.92 Å². The van der Waals surface area contributed by atoms with Crippen LogP contribution >= 0.6 is 11.6 Å². The summed E-state index contributed by atoms with van der Waals surface area (Å²) < 4.78 is 0. The minimum Gasteiger partial charge on any atom is -0.336 e. The Kier molecular flexibility index (Phi) is 5.14. The van der Waals surface area contributed by atoms with Crippen LogP contribution in [0.2, 0.25) is 0 Å². The number of nitro groups is 1. The van der Waals surface area contributed by atoms with Gasteiger partial charge in [0.15, 0.2) is 0 Å². The molecule has 1 aromatic carbocycles. The van der Waals surface area contributed by atoms with E-state index in [4.69, 9.17) is 11.6 Å². The Labute approximate surface area is 128 Å². The predicted molar refractivity (Wildman–Crippen MR) is 80.9 cm³/mol. The highest BCUT2D eigenvalue weighted by atomic mass is 35.5. The van der Waals surface area contributed by atoms with Crippen LogP contribution in [0.15, 0.2) is 18.2 Å². The molecule has 1 aliphatic rings. The van der Waals surface area contributed by atoms with E-state index < -0.39 is 4.92 Å². The van der Waals surface area contributed by atoms with Crippen molar-refractivity contribution in [3.8, 4) is 0 Å². The third kappa shape index (κ3) is 3.71. The summed E-state index contributed by atoms with van der Waals surface area (Å²) in [6, 6.07) is 4.63. The minimum absolute atomic E-state index is 0.0124. The molecule has 0 spiro atoms. The maximum Gasteiger partial charge on any atom is 0.273 e. The average Bonchev–Trinajstić information content (AvgIpc) is 2.48. The molecule has 1 saturated heterocycles. The summed E-state index contributed by atoms with van der Waals surface area (Å²) in [5, 5.41) is 10.9. The van der Waals surface area contributed by atoms with Crippen LogP contribution in [0.5, 0.6) is 0 Å². The lowest BCUT2D eigenvalue weighted by atomic mass is 10.1. The smallest absolute Gasteiger partial charge is 0.273 e. The SMILES string of the molecule is Cc1ccc(C(=O)N2CCN(CCCl)CC2)cc1[N+](=O)[O-]. The lowest BCUT2D eigenvalue weighted by Crippen LogP contribution is -2.49. The maximum absolute atomic E-state index is 12.4. The van der Waals surface area contributed by atoms with Crippen LogP contribution < -0.4 is 0 Å². The average molecular weight is 312 g/mol. The molecule has 21 heavy (non-hydrogen) atoms. The fourth-order valence-electron chi connectivity index (χ4n) is 2.42. The van der Waals surface area contributed by atoms with Crippen molar-refractivity contribution in [1.29, 1.82) is 0 Å². The Morgan fingerprint density at radius 2 is 2.00 bits per heavy atom. The van der Waals surface area contributed by atoms with E-state index in [1.54, 1.807) is 24.0 Å². The summed E-state index contributed by atoms with van der Waals surface area (Å²) in [5.41, 5.74) is 0.920. The summed E-state index contributed by atoms with van der Waals surface area (Å²) in [6.07, 6.45) is 0. The highest BCUT2D eigenvalue weighted by Crippen LogP contribution is 2.20. The predicted octanol–water partition coefficient (Wildman–Crippen LogP) is 1.90. The topological polar surface area (TPSA) is 66.7 Å². The number of nitrogens with zero attached hydrogens (tertiary/aromatic N) is 3. The number of rotatable bonds is 4. The third-order valence-electron chi connectivity index (χ3n) is 3.71. The van der Waals surface area contributed by atoms with Crippen molar-refractivity contribution < 1.29 is 9.72 Å². The fourth-order valence-corrected chi connectivity index (χ4v) is 2.65. The minimum atomic E-state index is -0.454. The Morgan fingerprint density at radius 1 is 1.33 bits per heavy atom. The number of hydrogen-bond acceptors (Lipinski definition) is 4. The standard InChI is InChI=1S/C14H18ClN3O3/c1-11-2-3-12(10-13(11)18(20)21)14(19)17-8-6-16(5-4-15)7-9-17/h2-3,10H,4-9H2,1H3. The van der Waals surface area contributed by atoms with Crippen molar-refractivity contribution in [3.63, 3.8) is 0 Å². The largest absolute Gasteiger partial charge is 0.336 e. The van der Waals surface area contributed by atoms with Crippen LogP contribution in [0.1, 0.15) is 15.9 Å². The number of alkyl halides is 1. The van der Waals surface area contributed by atoms with Gasteiger partial charge in [0.05, 0.1) is 4.92 Å². The molecule has 1 aromatic rings. The van der Waals surface area contributed by atoms with Gasteiger partial charge in [-0.05, 0) is 13.0 Å². The van der Waals surface area contributed by atoms with E-state index in [9.17, 15) is 14.9 Å². The molecule has 0 atom stereocenters. The molecule has 0 saturated carbocycles. The van der Waals surface area contributed by atoms with Gasteiger partial charge in [-0.3, -0.25) is 19.8 Å². The molecule has 114 valence electrons. The highest BCUT2D eigenvalue weighted by Gasteiger charge is 2.23. The first kappa shape index (κ1) is 15.7. The van der Waals surface area contributed by atoms with Crippen molar-refractivity contribution in [2.75, 3.05) is 38.6 Å². The molecule has 0 bridgehead atoms. The lowest BCUT2D eigenvalue weighted by molar-refractivity contribution is -0.385. The van der Waals surface area contributed by atoms with E-state index in [1.807, 2.05) is 0 Å². The van der Waals surface area contributed by atoms with Crippen molar-refractivity contribution in [3.05, 3.63) is 39.4 Å². The monoisotopic (exact) mass is 311 g/mol. The fraction of sp³-hybridized carbons (Fsp3) is 0.500. The van der Waals surface area contributed by atoms with Crippen molar-refractivity contribution in [2.24, 2.45) is 0 Å². The van der Waals surface area contributed by atoms with E-state index >= 15 is 0 Å². The molecule has 0 N–H and O–H groups in total. The van der Waals surface area contributed by atoms with Crippen LogP contribution in [-0.2, 0) is 0 Å². The number of piperazine rings is 1. The van der Waals surface area contributed by atoms with Crippen LogP contribution in [0, 0.1) is 17.0 Å². The van der Waals surface area contributed by atoms with Gasteiger partial charge in [-0.2, -0.15) is 0 Å². The summed E-state index contributed by atoms with van der Waals surface area (Å²) in [4.78, 5) is 26.8. The van der Waals surface area contributed by atoms with Crippen molar-refractivity contribution >= 4 is 23.2 Å². The molecule has 0 radical (unpaired) electrons. The highest BCUT2D eigenvalue weighted by molar-refractivity contribution is 6.18. The summed E-state index contributed by atoms with van der Waals surface area (Å²) in [7, 11) is 0. The maximum atomic E-state index is 12.4. The second-order valence-corrected chi connectivity index (χ2v) is 5.46. The van der Waals surface area contributed by atoms with Crippen LogP contribution in [-0.4, -0.2) is 59.2 Å². The normalized spacial score (nSPS) is 16.0. The second kappa shape index (κ2) is 6.87. The summed E-state index contributed by atoms with van der Waals surface area (Å²) >= 11 is 5.71. The van der Waals surface area contributed by atoms with Gasteiger partial charge in [-0.1, -0.05) is 6.07 Å². The van der Waals surface area contributed by atoms with Crippen LogP contribution in [0.3, 0.4) is 0 Å². The first-order chi connectivity index (χ1) is 10.0. The second-order valence-electron chi connectivity index (χ2n) is 5.08. The van der Waals surface area contributed by atoms with E-state index in [-0.39, 0.29) is 11.6 Å². The van der Waals surface area contributed by atoms with Gasteiger partial charge in [-0.15, -0.1) is 11.6 Å². The Morgan fingerprint density at radius 3 is 2.57 bits per heavy atom. The van der Waals surface area contributed by atoms with Crippen LogP contribution in [0.25, 0.3) is 0 Å². The quantitative estimate of drug-likeness (QED) is 0.484. The number of carbonyl (C=O) groups excluding carboxylic acids is 1. The molecule has 1 amide bonds. The zero-order valence-electron chi connectivity index (χ0n) is 11.9. The molecule has 2 rings (SSSR count). The number of benzene rings is 1. The molecule has 0 aromatic heterocycles. The molecule has 1 fully saturated rings. The molecular weight excluding hydrogens is 294 g/mol.